The number of ether oxygens (including phenoxy) is 1. The van der Waals surface area contributed by atoms with E-state index < -0.39 is 40.2 Å². The Labute approximate surface area is 210 Å². The first-order valence-corrected chi connectivity index (χ1v) is 12.6. The van der Waals surface area contributed by atoms with E-state index in [0.717, 1.165) is 4.31 Å². The van der Waals surface area contributed by atoms with Crippen molar-refractivity contribution in [2.24, 2.45) is 0 Å². The average Bonchev–Trinajstić information content (AvgIpc) is 2.90. The van der Waals surface area contributed by atoms with Crippen LogP contribution in [0.5, 0.6) is 5.75 Å². The molecule has 0 aliphatic rings. The molecule has 1 atom stereocenters. The Bertz CT molecular complexity index is 1300. The standard InChI is InChI=1S/C26H28FN3O5S/c1-19(26(32)28-2)29(17-20-12-14-21(27)15-13-20)25(31)18-30(22-8-7-9-23(16-22)35-3)36(33,34)24-10-5-4-6-11-24/h4-16,19H,17-18H2,1-3H3,(H,28,32)/t19-/m0/s1. The van der Waals surface area contributed by atoms with Crippen LogP contribution in [0.1, 0.15) is 12.5 Å². The minimum absolute atomic E-state index is 0.00468. The highest BCUT2D eigenvalue weighted by Crippen LogP contribution is 2.27. The third kappa shape index (κ3) is 6.19. The molecule has 0 saturated carbocycles. The van der Waals surface area contributed by atoms with Crippen molar-refractivity contribution in [3.05, 3.63) is 90.2 Å². The van der Waals surface area contributed by atoms with E-state index in [4.69, 9.17) is 4.74 Å². The number of halogens is 1. The first-order valence-electron chi connectivity index (χ1n) is 11.1. The van der Waals surface area contributed by atoms with Crippen LogP contribution in [0.4, 0.5) is 10.1 Å². The number of carbonyl (C=O) groups excluding carboxylic acids is 2. The van der Waals surface area contributed by atoms with E-state index in [9.17, 15) is 22.4 Å². The summed E-state index contributed by atoms with van der Waals surface area (Å²) in [5.74, 6) is -1.06. The molecule has 36 heavy (non-hydrogen) atoms. The number of rotatable bonds is 10. The second-order valence-electron chi connectivity index (χ2n) is 7.96. The normalized spacial score (nSPS) is 11.9. The van der Waals surface area contributed by atoms with Gasteiger partial charge in [-0.3, -0.25) is 13.9 Å². The van der Waals surface area contributed by atoms with Gasteiger partial charge < -0.3 is 15.0 Å². The van der Waals surface area contributed by atoms with Gasteiger partial charge >= 0.3 is 0 Å². The maximum Gasteiger partial charge on any atom is 0.264 e. The molecule has 2 amide bonds. The number of nitrogens with zero attached hydrogens (tertiary/aromatic N) is 2. The lowest BCUT2D eigenvalue weighted by molar-refractivity contribution is -0.139. The van der Waals surface area contributed by atoms with Crippen molar-refractivity contribution in [1.82, 2.24) is 10.2 Å². The van der Waals surface area contributed by atoms with E-state index >= 15 is 0 Å². The van der Waals surface area contributed by atoms with Crippen LogP contribution in [0, 0.1) is 5.82 Å². The Morgan fingerprint density at radius 3 is 2.28 bits per heavy atom. The van der Waals surface area contributed by atoms with E-state index in [0.29, 0.717) is 11.3 Å². The Hall–Kier alpha value is -3.92. The number of sulfonamides is 1. The number of amides is 2. The molecule has 0 fully saturated rings. The number of hydrogen-bond acceptors (Lipinski definition) is 5. The number of hydrogen-bond donors (Lipinski definition) is 1. The molecule has 3 aromatic carbocycles. The van der Waals surface area contributed by atoms with Crippen LogP contribution in [-0.4, -0.2) is 51.9 Å². The molecule has 3 aromatic rings. The Morgan fingerprint density at radius 1 is 1.00 bits per heavy atom. The van der Waals surface area contributed by atoms with Gasteiger partial charge in [0.25, 0.3) is 10.0 Å². The average molecular weight is 514 g/mol. The molecule has 0 bridgehead atoms. The number of methoxy groups -OCH3 is 1. The number of likely N-dealkylation sites (N-methyl/N-ethyl adjacent to an activating group) is 1. The molecule has 0 radical (unpaired) electrons. The molecule has 8 nitrogen and oxygen atoms in total. The quantitative estimate of drug-likeness (QED) is 0.449. The van der Waals surface area contributed by atoms with Crippen LogP contribution in [0.2, 0.25) is 0 Å². The van der Waals surface area contributed by atoms with Gasteiger partial charge in [0.05, 0.1) is 17.7 Å². The molecule has 0 saturated heterocycles. The summed E-state index contributed by atoms with van der Waals surface area (Å²) < 4.78 is 46.9. The number of nitrogens with one attached hydrogen (secondary N) is 1. The van der Waals surface area contributed by atoms with Crippen molar-refractivity contribution in [3.63, 3.8) is 0 Å². The third-order valence-electron chi connectivity index (χ3n) is 5.63. The molecule has 10 heteroatoms. The number of carbonyl (C=O) groups is 2. The topological polar surface area (TPSA) is 96.0 Å². The summed E-state index contributed by atoms with van der Waals surface area (Å²) in [7, 11) is -1.26. The first-order chi connectivity index (χ1) is 17.2. The maximum atomic E-state index is 13.6. The second kappa shape index (κ2) is 11.7. The summed E-state index contributed by atoms with van der Waals surface area (Å²) in [5, 5.41) is 2.51. The van der Waals surface area contributed by atoms with Crippen LogP contribution in [0.3, 0.4) is 0 Å². The molecule has 0 spiro atoms. The third-order valence-corrected chi connectivity index (χ3v) is 7.42. The lowest BCUT2D eigenvalue weighted by Gasteiger charge is -2.31. The lowest BCUT2D eigenvalue weighted by atomic mass is 10.1. The second-order valence-corrected chi connectivity index (χ2v) is 9.83. The fraction of sp³-hybridized carbons (Fsp3) is 0.231. The zero-order valence-electron chi connectivity index (χ0n) is 20.2. The van der Waals surface area contributed by atoms with E-state index in [1.165, 1.54) is 61.5 Å². The summed E-state index contributed by atoms with van der Waals surface area (Å²) in [6.45, 7) is 0.944. The molecule has 0 aliphatic carbocycles. The molecular formula is C26H28FN3O5S. The SMILES string of the molecule is CNC(=O)[C@H](C)N(Cc1ccc(F)cc1)C(=O)CN(c1cccc(OC)c1)S(=O)(=O)c1ccccc1. The van der Waals surface area contributed by atoms with Crippen molar-refractivity contribution in [3.8, 4) is 5.75 Å². The van der Waals surface area contributed by atoms with Gasteiger partial charge in [0.15, 0.2) is 0 Å². The minimum atomic E-state index is -4.16. The summed E-state index contributed by atoms with van der Waals surface area (Å²) in [4.78, 5) is 27.3. The van der Waals surface area contributed by atoms with Gasteiger partial charge in [0.1, 0.15) is 24.2 Å². The van der Waals surface area contributed by atoms with Gasteiger partial charge in [-0.15, -0.1) is 0 Å². The van der Waals surface area contributed by atoms with E-state index in [1.807, 2.05) is 0 Å². The zero-order valence-corrected chi connectivity index (χ0v) is 21.0. The highest BCUT2D eigenvalue weighted by atomic mass is 32.2. The smallest absolute Gasteiger partial charge is 0.264 e. The van der Waals surface area contributed by atoms with Crippen molar-refractivity contribution in [2.75, 3.05) is 25.0 Å². The van der Waals surface area contributed by atoms with Crippen molar-refractivity contribution >= 4 is 27.5 Å². The molecule has 1 N–H and O–H groups in total. The predicted molar refractivity (Wildman–Crippen MR) is 134 cm³/mol. The van der Waals surface area contributed by atoms with Crippen LogP contribution in [-0.2, 0) is 26.2 Å². The Balaban J connectivity index is 2.03. The molecule has 3 rings (SSSR count). The largest absolute Gasteiger partial charge is 0.497 e. The summed E-state index contributed by atoms with van der Waals surface area (Å²) in [5.41, 5.74) is 0.806. The predicted octanol–water partition coefficient (Wildman–Crippen LogP) is 3.19. The maximum absolute atomic E-state index is 13.6. The Kier molecular flexibility index (Phi) is 8.65. The summed E-state index contributed by atoms with van der Waals surface area (Å²) in [6, 6.07) is 18.7. The summed E-state index contributed by atoms with van der Waals surface area (Å²) >= 11 is 0. The molecular weight excluding hydrogens is 485 g/mol. The van der Waals surface area contributed by atoms with Gasteiger partial charge in [-0.1, -0.05) is 36.4 Å². The number of anilines is 1. The molecule has 0 unspecified atom stereocenters. The fourth-order valence-electron chi connectivity index (χ4n) is 3.59. The van der Waals surface area contributed by atoms with Crippen molar-refractivity contribution < 1.29 is 27.1 Å². The fourth-order valence-corrected chi connectivity index (χ4v) is 5.02. The molecule has 0 heterocycles. The van der Waals surface area contributed by atoms with E-state index in [1.54, 1.807) is 43.3 Å². The minimum Gasteiger partial charge on any atom is -0.497 e. The van der Waals surface area contributed by atoms with Gasteiger partial charge in [0, 0.05) is 19.7 Å². The highest BCUT2D eigenvalue weighted by Gasteiger charge is 2.32. The van der Waals surface area contributed by atoms with Crippen molar-refractivity contribution in [2.45, 2.75) is 24.4 Å². The molecule has 0 aromatic heterocycles. The van der Waals surface area contributed by atoms with Crippen LogP contribution in [0.15, 0.2) is 83.8 Å². The van der Waals surface area contributed by atoms with E-state index in [-0.39, 0.29) is 17.1 Å². The monoisotopic (exact) mass is 513 g/mol. The highest BCUT2D eigenvalue weighted by molar-refractivity contribution is 7.92. The van der Waals surface area contributed by atoms with Crippen LogP contribution < -0.4 is 14.4 Å². The Morgan fingerprint density at radius 2 is 1.67 bits per heavy atom. The van der Waals surface area contributed by atoms with Crippen LogP contribution >= 0.6 is 0 Å². The van der Waals surface area contributed by atoms with Crippen LogP contribution in [0.25, 0.3) is 0 Å². The van der Waals surface area contributed by atoms with E-state index in [2.05, 4.69) is 5.32 Å². The number of benzene rings is 3. The van der Waals surface area contributed by atoms with Gasteiger partial charge in [-0.25, -0.2) is 12.8 Å². The van der Waals surface area contributed by atoms with Crippen molar-refractivity contribution in [1.29, 1.82) is 0 Å². The zero-order chi connectivity index (χ0) is 26.3. The van der Waals surface area contributed by atoms with Gasteiger partial charge in [-0.2, -0.15) is 0 Å². The summed E-state index contributed by atoms with van der Waals surface area (Å²) in [6.07, 6.45) is 0. The lowest BCUT2D eigenvalue weighted by Crippen LogP contribution is -2.50. The van der Waals surface area contributed by atoms with Gasteiger partial charge in [0.2, 0.25) is 11.8 Å². The van der Waals surface area contributed by atoms with Gasteiger partial charge in [-0.05, 0) is 48.9 Å². The molecule has 190 valence electrons. The first kappa shape index (κ1) is 26.7. The molecule has 0 aliphatic heterocycles.